The molecule has 2 aromatic heterocycles. The Hall–Kier alpha value is -3.66. The molecule has 0 aliphatic heterocycles. The second kappa shape index (κ2) is 9.30. The zero-order valence-corrected chi connectivity index (χ0v) is 19.4. The fraction of sp³-hybridized carbons (Fsp3) is 0.0833. The molecule has 0 aliphatic rings. The third-order valence-electron chi connectivity index (χ3n) is 5.36. The van der Waals surface area contributed by atoms with Gasteiger partial charge in [-0.05, 0) is 47.2 Å². The Morgan fingerprint density at radius 3 is 2.35 bits per heavy atom. The van der Waals surface area contributed by atoms with E-state index in [0.717, 1.165) is 22.0 Å². The normalized spacial score (nSPS) is 11.8. The number of hydrogen-bond acceptors (Lipinski definition) is 6. The molecule has 10 heteroatoms. The maximum atomic E-state index is 13.6. The van der Waals surface area contributed by atoms with Gasteiger partial charge in [0.2, 0.25) is 15.8 Å². The topological polar surface area (TPSA) is 105 Å². The van der Waals surface area contributed by atoms with Crippen molar-refractivity contribution in [1.82, 2.24) is 29.9 Å². The number of para-hydroxylation sites is 1. The van der Waals surface area contributed by atoms with Crippen LogP contribution in [0.5, 0.6) is 0 Å². The predicted octanol–water partition coefficient (Wildman–Crippen LogP) is 4.46. The highest BCUT2D eigenvalue weighted by Crippen LogP contribution is 2.24. The second-order valence-corrected chi connectivity index (χ2v) is 10.0. The minimum absolute atomic E-state index is 0.113. The van der Waals surface area contributed by atoms with Crippen LogP contribution in [0.4, 0.5) is 0 Å². The van der Waals surface area contributed by atoms with E-state index in [1.54, 1.807) is 12.1 Å². The van der Waals surface area contributed by atoms with Crippen LogP contribution in [0.3, 0.4) is 0 Å². The van der Waals surface area contributed by atoms with Crippen LogP contribution >= 0.6 is 11.6 Å². The summed E-state index contributed by atoms with van der Waals surface area (Å²) in [5.74, 6) is 0.470. The van der Waals surface area contributed by atoms with Crippen LogP contribution in [0.25, 0.3) is 22.3 Å². The molecule has 0 bridgehead atoms. The highest BCUT2D eigenvalue weighted by atomic mass is 35.5. The summed E-state index contributed by atoms with van der Waals surface area (Å²) in [5.41, 5.74) is 3.05. The van der Waals surface area contributed by atoms with Gasteiger partial charge in [0, 0.05) is 22.5 Å². The molecular formula is C24H19ClN6O2S. The van der Waals surface area contributed by atoms with E-state index in [1.165, 1.54) is 16.4 Å². The first-order chi connectivity index (χ1) is 16.5. The SMILES string of the molecule is O=S(=O)(c1ccc(Cl)cc1)N(Cc1ccc(-c2nn[nH]n2)cc1)Cc1ccc2ccccc2n1. The number of pyridine rings is 1. The molecule has 0 spiro atoms. The zero-order valence-electron chi connectivity index (χ0n) is 17.8. The Bertz CT molecular complexity index is 1520. The quantitative estimate of drug-likeness (QED) is 0.361. The Kier molecular flexibility index (Phi) is 6.06. The molecule has 170 valence electrons. The Morgan fingerprint density at radius 2 is 1.62 bits per heavy atom. The van der Waals surface area contributed by atoms with E-state index in [0.29, 0.717) is 16.5 Å². The summed E-state index contributed by atoms with van der Waals surface area (Å²) in [7, 11) is -3.83. The highest BCUT2D eigenvalue weighted by molar-refractivity contribution is 7.89. The number of sulfonamides is 1. The molecule has 0 radical (unpaired) electrons. The van der Waals surface area contributed by atoms with E-state index in [4.69, 9.17) is 11.6 Å². The molecule has 0 atom stereocenters. The van der Waals surface area contributed by atoms with Gasteiger partial charge in [-0.2, -0.15) is 9.52 Å². The van der Waals surface area contributed by atoms with Crippen LogP contribution in [0.1, 0.15) is 11.3 Å². The number of aromatic amines is 1. The Labute approximate surface area is 201 Å². The van der Waals surface area contributed by atoms with Gasteiger partial charge in [0.1, 0.15) is 0 Å². The molecule has 5 aromatic rings. The molecule has 1 N–H and O–H groups in total. The van der Waals surface area contributed by atoms with E-state index in [-0.39, 0.29) is 18.0 Å². The first kappa shape index (κ1) is 22.1. The minimum atomic E-state index is -3.83. The van der Waals surface area contributed by atoms with Crippen molar-refractivity contribution in [3.05, 3.63) is 101 Å². The van der Waals surface area contributed by atoms with Gasteiger partial charge in [-0.15, -0.1) is 10.2 Å². The molecule has 8 nitrogen and oxygen atoms in total. The lowest BCUT2D eigenvalue weighted by atomic mass is 10.1. The molecule has 34 heavy (non-hydrogen) atoms. The van der Waals surface area contributed by atoms with Crippen LogP contribution in [-0.4, -0.2) is 38.3 Å². The van der Waals surface area contributed by atoms with E-state index in [1.807, 2.05) is 60.7 Å². The number of tetrazole rings is 1. The van der Waals surface area contributed by atoms with Crippen LogP contribution in [0.2, 0.25) is 5.02 Å². The number of fused-ring (bicyclic) bond motifs is 1. The average Bonchev–Trinajstić information content (AvgIpc) is 3.39. The summed E-state index contributed by atoms with van der Waals surface area (Å²) in [6, 6.07) is 25.1. The van der Waals surface area contributed by atoms with Gasteiger partial charge in [0.25, 0.3) is 0 Å². The molecule has 3 aromatic carbocycles. The average molecular weight is 491 g/mol. The minimum Gasteiger partial charge on any atom is -0.251 e. The number of benzene rings is 3. The molecule has 0 amide bonds. The van der Waals surface area contributed by atoms with Crippen molar-refractivity contribution in [2.45, 2.75) is 18.0 Å². The molecule has 2 heterocycles. The third-order valence-corrected chi connectivity index (χ3v) is 7.42. The van der Waals surface area contributed by atoms with E-state index < -0.39 is 10.0 Å². The summed E-state index contributed by atoms with van der Waals surface area (Å²) in [6.07, 6.45) is 0. The third kappa shape index (κ3) is 4.67. The number of hydrogen-bond donors (Lipinski definition) is 1. The van der Waals surface area contributed by atoms with Gasteiger partial charge in [-0.1, -0.05) is 60.1 Å². The van der Waals surface area contributed by atoms with Crippen molar-refractivity contribution in [3.63, 3.8) is 0 Å². The highest BCUT2D eigenvalue weighted by Gasteiger charge is 2.25. The van der Waals surface area contributed by atoms with Gasteiger partial charge >= 0.3 is 0 Å². The zero-order chi connectivity index (χ0) is 23.5. The summed E-state index contributed by atoms with van der Waals surface area (Å²) in [6.45, 7) is 0.272. The first-order valence-electron chi connectivity index (χ1n) is 10.4. The number of halogens is 1. The van der Waals surface area contributed by atoms with Crippen LogP contribution in [0.15, 0.2) is 89.8 Å². The summed E-state index contributed by atoms with van der Waals surface area (Å²) in [5, 5.41) is 15.4. The van der Waals surface area contributed by atoms with Crippen molar-refractivity contribution >= 4 is 32.5 Å². The van der Waals surface area contributed by atoms with Crippen molar-refractivity contribution < 1.29 is 8.42 Å². The van der Waals surface area contributed by atoms with Crippen molar-refractivity contribution in [1.29, 1.82) is 0 Å². The lowest BCUT2D eigenvalue weighted by molar-refractivity contribution is 0.397. The van der Waals surface area contributed by atoms with E-state index in [2.05, 4.69) is 25.6 Å². The van der Waals surface area contributed by atoms with E-state index >= 15 is 0 Å². The van der Waals surface area contributed by atoms with Gasteiger partial charge < -0.3 is 0 Å². The number of H-pyrrole nitrogens is 1. The molecule has 0 fully saturated rings. The van der Waals surface area contributed by atoms with Crippen LogP contribution in [-0.2, 0) is 23.1 Å². The second-order valence-electron chi connectivity index (χ2n) is 7.65. The lowest BCUT2D eigenvalue weighted by Crippen LogP contribution is -2.30. The Balaban J connectivity index is 1.48. The standard InChI is InChI=1S/C24H19ClN6O2S/c25-20-10-13-22(14-11-20)34(32,33)31(16-21-12-9-18-3-1-2-4-23(18)26-21)15-17-5-7-19(8-6-17)24-27-29-30-28-24/h1-14H,15-16H2,(H,27,28,29,30). The van der Waals surface area contributed by atoms with Gasteiger partial charge in [0.15, 0.2) is 0 Å². The lowest BCUT2D eigenvalue weighted by Gasteiger charge is -2.22. The number of nitrogens with one attached hydrogen (secondary N) is 1. The van der Waals surface area contributed by atoms with Crippen LogP contribution < -0.4 is 0 Å². The van der Waals surface area contributed by atoms with Crippen molar-refractivity contribution in [3.8, 4) is 11.4 Å². The largest absolute Gasteiger partial charge is 0.251 e. The molecule has 0 saturated heterocycles. The number of rotatable bonds is 7. The van der Waals surface area contributed by atoms with Gasteiger partial charge in [-0.3, -0.25) is 4.98 Å². The number of aromatic nitrogens is 5. The maximum Gasteiger partial charge on any atom is 0.243 e. The summed E-state index contributed by atoms with van der Waals surface area (Å²) in [4.78, 5) is 4.84. The Morgan fingerprint density at radius 1 is 0.853 bits per heavy atom. The van der Waals surface area contributed by atoms with Crippen molar-refractivity contribution in [2.24, 2.45) is 0 Å². The fourth-order valence-electron chi connectivity index (χ4n) is 3.61. The maximum absolute atomic E-state index is 13.6. The predicted molar refractivity (Wildman–Crippen MR) is 129 cm³/mol. The molecule has 0 saturated carbocycles. The van der Waals surface area contributed by atoms with Gasteiger partial charge in [-0.25, -0.2) is 8.42 Å². The van der Waals surface area contributed by atoms with Crippen LogP contribution in [0, 0.1) is 0 Å². The molecule has 5 rings (SSSR count). The van der Waals surface area contributed by atoms with E-state index in [9.17, 15) is 8.42 Å². The van der Waals surface area contributed by atoms with Crippen molar-refractivity contribution in [2.75, 3.05) is 0 Å². The molecular weight excluding hydrogens is 472 g/mol. The first-order valence-corrected chi connectivity index (χ1v) is 12.2. The van der Waals surface area contributed by atoms with Gasteiger partial charge in [0.05, 0.1) is 22.7 Å². The smallest absolute Gasteiger partial charge is 0.243 e. The molecule has 0 unspecified atom stereocenters. The monoisotopic (exact) mass is 490 g/mol. The summed E-state index contributed by atoms with van der Waals surface area (Å²) < 4.78 is 28.6. The fourth-order valence-corrected chi connectivity index (χ4v) is 5.13. The molecule has 0 aliphatic carbocycles. The summed E-state index contributed by atoms with van der Waals surface area (Å²) >= 11 is 5.98. The number of nitrogens with zero attached hydrogens (tertiary/aromatic N) is 5.